The number of nitrogens with zero attached hydrogens (tertiary/aromatic N) is 1. The van der Waals surface area contributed by atoms with E-state index in [9.17, 15) is 4.79 Å². The Labute approximate surface area is 141 Å². The van der Waals surface area contributed by atoms with Gasteiger partial charge in [-0.2, -0.15) is 5.26 Å². The van der Waals surface area contributed by atoms with E-state index in [0.29, 0.717) is 12.3 Å². The summed E-state index contributed by atoms with van der Waals surface area (Å²) in [6, 6.07) is 9.85. The molecule has 2 unspecified atom stereocenters. The summed E-state index contributed by atoms with van der Waals surface area (Å²) in [5.41, 5.74) is 1.05. The highest BCUT2D eigenvalue weighted by Gasteiger charge is 2.24. The van der Waals surface area contributed by atoms with Gasteiger partial charge in [0.1, 0.15) is 12.6 Å². The minimum Gasteiger partial charge on any atom is -0.360 e. The Balaban J connectivity index is 2.82. The number of ether oxygens (including phenoxy) is 1. The molecule has 5 heteroatoms. The van der Waals surface area contributed by atoms with Crippen molar-refractivity contribution in [1.82, 2.24) is 5.32 Å². The predicted octanol–water partition coefficient (Wildman–Crippen LogP) is 3.97. The van der Waals surface area contributed by atoms with Crippen LogP contribution in [0.25, 0.3) is 0 Å². The average molecular weight is 367 g/mol. The lowest BCUT2D eigenvalue weighted by Gasteiger charge is -2.25. The van der Waals surface area contributed by atoms with E-state index >= 15 is 0 Å². The predicted molar refractivity (Wildman–Crippen MR) is 90.1 cm³/mol. The van der Waals surface area contributed by atoms with Gasteiger partial charge < -0.3 is 10.1 Å². The van der Waals surface area contributed by atoms with Crippen LogP contribution in [0.1, 0.15) is 45.3 Å². The van der Waals surface area contributed by atoms with Gasteiger partial charge in [-0.15, -0.1) is 0 Å². The molecule has 0 fully saturated rings. The lowest BCUT2D eigenvalue weighted by atomic mass is 10.0. The Kier molecular flexibility index (Phi) is 8.15. The number of benzene rings is 1. The molecule has 1 amide bonds. The Morgan fingerprint density at radius 3 is 2.50 bits per heavy atom. The zero-order valence-electron chi connectivity index (χ0n) is 13.3. The zero-order valence-corrected chi connectivity index (χ0v) is 14.9. The van der Waals surface area contributed by atoms with E-state index in [4.69, 9.17) is 10.00 Å². The van der Waals surface area contributed by atoms with Crippen molar-refractivity contribution in [1.29, 1.82) is 5.26 Å². The second-order valence-corrected chi connectivity index (χ2v) is 6.49. The summed E-state index contributed by atoms with van der Waals surface area (Å²) in [5, 5.41) is 11.2. The largest absolute Gasteiger partial charge is 0.360 e. The van der Waals surface area contributed by atoms with Gasteiger partial charge in [-0.1, -0.05) is 48.8 Å². The summed E-state index contributed by atoms with van der Waals surface area (Å²) in [5.74, 6) is 0.117. The molecule has 2 atom stereocenters. The molecule has 0 saturated carbocycles. The SMILES string of the molecule is CCC(OC(CC(C)C)C(=O)NCC#N)c1ccc(Br)cc1. The molecular weight excluding hydrogens is 344 g/mol. The van der Waals surface area contributed by atoms with E-state index in [-0.39, 0.29) is 18.6 Å². The Bertz CT molecular complexity index is 508. The monoisotopic (exact) mass is 366 g/mol. The summed E-state index contributed by atoms with van der Waals surface area (Å²) in [6.07, 6.45) is 0.734. The number of carbonyl (C=O) groups is 1. The summed E-state index contributed by atoms with van der Waals surface area (Å²) in [7, 11) is 0. The van der Waals surface area contributed by atoms with Crippen LogP contribution in [0.3, 0.4) is 0 Å². The molecule has 0 radical (unpaired) electrons. The standard InChI is InChI=1S/C17H23BrN2O2/c1-4-15(13-5-7-14(18)8-6-13)22-16(11-12(2)3)17(21)20-10-9-19/h5-8,12,15-16H,4,10-11H2,1-3H3,(H,20,21). The number of nitrogens with one attached hydrogen (secondary N) is 1. The Hall–Kier alpha value is -1.38. The van der Waals surface area contributed by atoms with Crippen LogP contribution in [0, 0.1) is 17.2 Å². The first-order chi connectivity index (χ1) is 10.5. The van der Waals surface area contributed by atoms with Crippen LogP contribution in [-0.4, -0.2) is 18.6 Å². The molecule has 0 heterocycles. The van der Waals surface area contributed by atoms with Crippen LogP contribution in [-0.2, 0) is 9.53 Å². The van der Waals surface area contributed by atoms with Gasteiger partial charge in [0.2, 0.25) is 5.91 Å². The van der Waals surface area contributed by atoms with E-state index in [1.165, 1.54) is 0 Å². The van der Waals surface area contributed by atoms with Gasteiger partial charge in [-0.3, -0.25) is 4.79 Å². The molecule has 0 aromatic heterocycles. The summed E-state index contributed by atoms with van der Waals surface area (Å²) in [6.45, 7) is 6.14. The molecule has 22 heavy (non-hydrogen) atoms. The summed E-state index contributed by atoms with van der Waals surface area (Å²) < 4.78 is 7.07. The molecule has 0 spiro atoms. The third kappa shape index (κ3) is 6.17. The van der Waals surface area contributed by atoms with Crippen molar-refractivity contribution >= 4 is 21.8 Å². The van der Waals surface area contributed by atoms with Gasteiger partial charge in [0.25, 0.3) is 0 Å². The van der Waals surface area contributed by atoms with E-state index in [1.807, 2.05) is 37.3 Å². The quantitative estimate of drug-likeness (QED) is 0.707. The molecule has 4 nitrogen and oxygen atoms in total. The molecule has 1 aromatic carbocycles. The van der Waals surface area contributed by atoms with Gasteiger partial charge in [0, 0.05) is 4.47 Å². The van der Waals surface area contributed by atoms with Crippen LogP contribution in [0.2, 0.25) is 0 Å². The summed E-state index contributed by atoms with van der Waals surface area (Å²) in [4.78, 5) is 12.2. The normalized spacial score (nSPS) is 13.5. The fourth-order valence-corrected chi connectivity index (χ4v) is 2.44. The molecule has 1 N–H and O–H groups in total. The van der Waals surface area contributed by atoms with E-state index in [0.717, 1.165) is 16.5 Å². The molecule has 0 saturated heterocycles. The molecular formula is C17H23BrN2O2. The third-order valence-corrected chi connectivity index (χ3v) is 3.79. The zero-order chi connectivity index (χ0) is 16.5. The van der Waals surface area contributed by atoms with Crippen LogP contribution in [0.4, 0.5) is 0 Å². The van der Waals surface area contributed by atoms with E-state index in [1.54, 1.807) is 0 Å². The average Bonchev–Trinajstić information content (AvgIpc) is 2.49. The number of amides is 1. The maximum atomic E-state index is 12.2. The highest BCUT2D eigenvalue weighted by atomic mass is 79.9. The molecule has 1 aromatic rings. The maximum Gasteiger partial charge on any atom is 0.249 e. The van der Waals surface area contributed by atoms with E-state index < -0.39 is 6.10 Å². The van der Waals surface area contributed by atoms with Crippen molar-refractivity contribution in [3.8, 4) is 6.07 Å². The molecule has 0 bridgehead atoms. The fraction of sp³-hybridized carbons (Fsp3) is 0.529. The number of halogens is 1. The first-order valence-electron chi connectivity index (χ1n) is 7.53. The second-order valence-electron chi connectivity index (χ2n) is 5.58. The van der Waals surface area contributed by atoms with Gasteiger partial charge >= 0.3 is 0 Å². The lowest BCUT2D eigenvalue weighted by molar-refractivity contribution is -0.138. The highest BCUT2D eigenvalue weighted by molar-refractivity contribution is 9.10. The first kappa shape index (κ1) is 18.7. The Morgan fingerprint density at radius 1 is 1.36 bits per heavy atom. The van der Waals surface area contributed by atoms with Crippen LogP contribution < -0.4 is 5.32 Å². The third-order valence-electron chi connectivity index (χ3n) is 3.26. The van der Waals surface area contributed by atoms with Crippen LogP contribution >= 0.6 is 15.9 Å². The second kappa shape index (κ2) is 9.60. The van der Waals surface area contributed by atoms with Crippen molar-refractivity contribution in [2.24, 2.45) is 5.92 Å². The van der Waals surface area contributed by atoms with Gasteiger partial charge in [-0.05, 0) is 36.5 Å². The van der Waals surface area contributed by atoms with Crippen molar-refractivity contribution in [2.75, 3.05) is 6.54 Å². The maximum absolute atomic E-state index is 12.2. The molecule has 1 rings (SSSR count). The van der Waals surface area contributed by atoms with Crippen molar-refractivity contribution < 1.29 is 9.53 Å². The van der Waals surface area contributed by atoms with Crippen molar-refractivity contribution in [2.45, 2.75) is 45.8 Å². The highest BCUT2D eigenvalue weighted by Crippen LogP contribution is 2.26. The first-order valence-corrected chi connectivity index (χ1v) is 8.32. The van der Waals surface area contributed by atoms with Crippen LogP contribution in [0.15, 0.2) is 28.7 Å². The molecule has 120 valence electrons. The van der Waals surface area contributed by atoms with Gasteiger partial charge in [0.05, 0.1) is 12.2 Å². The van der Waals surface area contributed by atoms with Crippen LogP contribution in [0.5, 0.6) is 0 Å². The number of hydrogen-bond acceptors (Lipinski definition) is 3. The lowest BCUT2D eigenvalue weighted by Crippen LogP contribution is -2.38. The van der Waals surface area contributed by atoms with Crippen molar-refractivity contribution in [3.63, 3.8) is 0 Å². The minimum atomic E-state index is -0.540. The number of rotatable bonds is 8. The molecule has 0 aliphatic heterocycles. The fourth-order valence-electron chi connectivity index (χ4n) is 2.18. The van der Waals surface area contributed by atoms with Crippen molar-refractivity contribution in [3.05, 3.63) is 34.3 Å². The molecule has 0 aliphatic rings. The smallest absolute Gasteiger partial charge is 0.249 e. The van der Waals surface area contributed by atoms with E-state index in [2.05, 4.69) is 35.1 Å². The molecule has 0 aliphatic carbocycles. The number of hydrogen-bond donors (Lipinski definition) is 1. The van der Waals surface area contributed by atoms with Gasteiger partial charge in [-0.25, -0.2) is 0 Å². The Morgan fingerprint density at radius 2 is 2.00 bits per heavy atom. The van der Waals surface area contributed by atoms with Gasteiger partial charge in [0.15, 0.2) is 0 Å². The summed E-state index contributed by atoms with van der Waals surface area (Å²) >= 11 is 3.42. The topological polar surface area (TPSA) is 62.1 Å². The number of carbonyl (C=O) groups excluding carboxylic acids is 1. The number of nitriles is 1. The minimum absolute atomic E-state index is 0.00582.